The van der Waals surface area contributed by atoms with Crippen LogP contribution in [-0.2, 0) is 6.54 Å². The van der Waals surface area contributed by atoms with Crippen molar-refractivity contribution in [2.75, 3.05) is 0 Å². The highest BCUT2D eigenvalue weighted by molar-refractivity contribution is 5.69. The summed E-state index contributed by atoms with van der Waals surface area (Å²) in [5.74, 6) is 0. The van der Waals surface area contributed by atoms with Crippen LogP contribution in [0.25, 0.3) is 11.1 Å². The number of hydrogen-bond donors (Lipinski definition) is 1. The Labute approximate surface area is 89.8 Å². The first-order valence-electron chi connectivity index (χ1n) is 5.03. The molecule has 0 aliphatic carbocycles. The van der Waals surface area contributed by atoms with E-state index in [9.17, 15) is 0 Å². The van der Waals surface area contributed by atoms with Gasteiger partial charge in [0.15, 0.2) is 0 Å². The van der Waals surface area contributed by atoms with Crippen molar-refractivity contribution in [3.8, 4) is 11.1 Å². The third-order valence-electron chi connectivity index (χ3n) is 2.52. The third kappa shape index (κ3) is 1.90. The second-order valence-corrected chi connectivity index (χ2v) is 3.52. The number of aromatic nitrogens is 1. The lowest BCUT2D eigenvalue weighted by Crippen LogP contribution is -2.02. The number of aryl methyl sites for hydroxylation is 1. The first kappa shape index (κ1) is 9.87. The topological polar surface area (TPSA) is 38.9 Å². The minimum Gasteiger partial charge on any atom is -0.325 e. The van der Waals surface area contributed by atoms with Gasteiger partial charge in [-0.05, 0) is 24.1 Å². The first-order chi connectivity index (χ1) is 7.33. The molecule has 2 heteroatoms. The van der Waals surface area contributed by atoms with E-state index in [1.807, 2.05) is 18.2 Å². The molecule has 15 heavy (non-hydrogen) atoms. The van der Waals surface area contributed by atoms with E-state index in [2.05, 4.69) is 30.1 Å². The van der Waals surface area contributed by atoms with E-state index in [1.165, 1.54) is 11.1 Å². The van der Waals surface area contributed by atoms with E-state index in [-0.39, 0.29) is 0 Å². The number of hydrogen-bond acceptors (Lipinski definition) is 2. The molecule has 2 aromatic rings. The van der Waals surface area contributed by atoms with Crippen molar-refractivity contribution in [2.45, 2.75) is 13.5 Å². The maximum atomic E-state index is 5.68. The van der Waals surface area contributed by atoms with Crippen LogP contribution >= 0.6 is 0 Å². The van der Waals surface area contributed by atoms with Crippen molar-refractivity contribution in [3.63, 3.8) is 0 Å². The summed E-state index contributed by atoms with van der Waals surface area (Å²) in [6.07, 6.45) is 1.78. The Bertz CT molecular complexity index is 464. The molecule has 0 amide bonds. The number of pyridine rings is 1. The summed E-state index contributed by atoms with van der Waals surface area (Å²) in [5, 5.41) is 0. The molecular weight excluding hydrogens is 184 g/mol. The van der Waals surface area contributed by atoms with Gasteiger partial charge in [0.1, 0.15) is 0 Å². The Hall–Kier alpha value is -1.67. The standard InChI is InChI=1S/C13H14N2/c1-10-5-2-3-6-11(10)12-7-4-8-15-13(12)9-14/h2-8H,9,14H2,1H3. The van der Waals surface area contributed by atoms with E-state index in [4.69, 9.17) is 5.73 Å². The van der Waals surface area contributed by atoms with Crippen LogP contribution in [0.4, 0.5) is 0 Å². The number of nitrogens with two attached hydrogens (primary N) is 1. The lowest BCUT2D eigenvalue weighted by Gasteiger charge is -2.09. The fraction of sp³-hybridized carbons (Fsp3) is 0.154. The summed E-state index contributed by atoms with van der Waals surface area (Å²) in [5.41, 5.74) is 10.2. The number of benzene rings is 1. The molecule has 0 bridgehead atoms. The summed E-state index contributed by atoms with van der Waals surface area (Å²) < 4.78 is 0. The lowest BCUT2D eigenvalue weighted by atomic mass is 9.99. The van der Waals surface area contributed by atoms with Gasteiger partial charge >= 0.3 is 0 Å². The van der Waals surface area contributed by atoms with Gasteiger partial charge in [-0.25, -0.2) is 0 Å². The van der Waals surface area contributed by atoms with Crippen molar-refractivity contribution < 1.29 is 0 Å². The molecule has 2 nitrogen and oxygen atoms in total. The minimum absolute atomic E-state index is 0.477. The molecule has 1 aromatic heterocycles. The van der Waals surface area contributed by atoms with Crippen molar-refractivity contribution in [2.24, 2.45) is 5.73 Å². The van der Waals surface area contributed by atoms with E-state index in [1.54, 1.807) is 6.20 Å². The van der Waals surface area contributed by atoms with Crippen LogP contribution in [0.5, 0.6) is 0 Å². The van der Waals surface area contributed by atoms with E-state index < -0.39 is 0 Å². The molecule has 2 N–H and O–H groups in total. The summed E-state index contributed by atoms with van der Waals surface area (Å²) in [6, 6.07) is 12.3. The molecule has 0 aliphatic heterocycles. The van der Waals surface area contributed by atoms with E-state index >= 15 is 0 Å². The zero-order chi connectivity index (χ0) is 10.7. The molecule has 1 aromatic carbocycles. The molecule has 0 aliphatic rings. The predicted octanol–water partition coefficient (Wildman–Crippen LogP) is 2.52. The Morgan fingerprint density at radius 3 is 2.53 bits per heavy atom. The second-order valence-electron chi connectivity index (χ2n) is 3.52. The largest absolute Gasteiger partial charge is 0.325 e. The van der Waals surface area contributed by atoms with E-state index in [0.717, 1.165) is 11.3 Å². The smallest absolute Gasteiger partial charge is 0.0617 e. The van der Waals surface area contributed by atoms with Crippen LogP contribution in [0.2, 0.25) is 0 Å². The Kier molecular flexibility index (Phi) is 2.79. The molecule has 0 saturated heterocycles. The van der Waals surface area contributed by atoms with Gasteiger partial charge in [-0.15, -0.1) is 0 Å². The molecule has 0 spiro atoms. The molecule has 0 unspecified atom stereocenters. The molecule has 0 saturated carbocycles. The third-order valence-corrected chi connectivity index (χ3v) is 2.52. The number of nitrogens with zero attached hydrogens (tertiary/aromatic N) is 1. The molecule has 0 atom stereocenters. The van der Waals surface area contributed by atoms with Gasteiger partial charge in [0, 0.05) is 18.3 Å². The zero-order valence-electron chi connectivity index (χ0n) is 8.77. The SMILES string of the molecule is Cc1ccccc1-c1cccnc1CN. The molecule has 2 rings (SSSR count). The summed E-state index contributed by atoms with van der Waals surface area (Å²) >= 11 is 0. The van der Waals surface area contributed by atoms with Crippen LogP contribution in [0.3, 0.4) is 0 Å². The Morgan fingerprint density at radius 2 is 1.80 bits per heavy atom. The molecule has 0 fully saturated rings. The lowest BCUT2D eigenvalue weighted by molar-refractivity contribution is 0.993. The van der Waals surface area contributed by atoms with Gasteiger partial charge in [0.25, 0.3) is 0 Å². The molecule has 1 heterocycles. The second kappa shape index (κ2) is 4.24. The highest BCUT2D eigenvalue weighted by Crippen LogP contribution is 2.24. The maximum absolute atomic E-state index is 5.68. The average Bonchev–Trinajstić information content (AvgIpc) is 2.30. The molecule has 0 radical (unpaired) electrons. The molecular formula is C13H14N2. The van der Waals surface area contributed by atoms with Crippen LogP contribution in [-0.4, -0.2) is 4.98 Å². The number of rotatable bonds is 2. The Balaban J connectivity index is 2.59. The van der Waals surface area contributed by atoms with Gasteiger partial charge in [0.2, 0.25) is 0 Å². The Morgan fingerprint density at radius 1 is 1.07 bits per heavy atom. The normalized spacial score (nSPS) is 10.3. The van der Waals surface area contributed by atoms with Gasteiger partial charge < -0.3 is 5.73 Å². The van der Waals surface area contributed by atoms with Crippen molar-refractivity contribution >= 4 is 0 Å². The quantitative estimate of drug-likeness (QED) is 0.805. The van der Waals surface area contributed by atoms with Gasteiger partial charge in [-0.1, -0.05) is 30.3 Å². The summed E-state index contributed by atoms with van der Waals surface area (Å²) in [7, 11) is 0. The van der Waals surface area contributed by atoms with Crippen LogP contribution in [0, 0.1) is 6.92 Å². The molecule has 76 valence electrons. The van der Waals surface area contributed by atoms with Crippen LogP contribution in [0.15, 0.2) is 42.6 Å². The maximum Gasteiger partial charge on any atom is 0.0617 e. The highest BCUT2D eigenvalue weighted by Gasteiger charge is 2.05. The highest BCUT2D eigenvalue weighted by atomic mass is 14.7. The zero-order valence-corrected chi connectivity index (χ0v) is 8.77. The fourth-order valence-electron chi connectivity index (χ4n) is 1.72. The van der Waals surface area contributed by atoms with Crippen LogP contribution < -0.4 is 5.73 Å². The minimum atomic E-state index is 0.477. The van der Waals surface area contributed by atoms with Gasteiger partial charge in [-0.2, -0.15) is 0 Å². The van der Waals surface area contributed by atoms with Crippen molar-refractivity contribution in [1.29, 1.82) is 0 Å². The van der Waals surface area contributed by atoms with Crippen molar-refractivity contribution in [1.82, 2.24) is 4.98 Å². The van der Waals surface area contributed by atoms with E-state index in [0.29, 0.717) is 6.54 Å². The van der Waals surface area contributed by atoms with Gasteiger partial charge in [0.05, 0.1) is 5.69 Å². The summed E-state index contributed by atoms with van der Waals surface area (Å²) in [6.45, 7) is 2.58. The summed E-state index contributed by atoms with van der Waals surface area (Å²) in [4.78, 5) is 4.29. The van der Waals surface area contributed by atoms with Crippen LogP contribution in [0.1, 0.15) is 11.3 Å². The first-order valence-corrected chi connectivity index (χ1v) is 5.03. The van der Waals surface area contributed by atoms with Gasteiger partial charge in [-0.3, -0.25) is 4.98 Å². The monoisotopic (exact) mass is 198 g/mol. The fourth-order valence-corrected chi connectivity index (χ4v) is 1.72. The average molecular weight is 198 g/mol. The van der Waals surface area contributed by atoms with Crippen molar-refractivity contribution in [3.05, 3.63) is 53.9 Å². The predicted molar refractivity (Wildman–Crippen MR) is 62.3 cm³/mol.